The number of benzene rings is 2. The van der Waals surface area contributed by atoms with Crippen LogP contribution in [-0.4, -0.2) is 10.8 Å². The predicted molar refractivity (Wildman–Crippen MR) is 89.0 cm³/mol. The first-order valence-electron chi connectivity index (χ1n) is 6.54. The lowest BCUT2D eigenvalue weighted by molar-refractivity contribution is 0.958. The van der Waals surface area contributed by atoms with Gasteiger partial charge in [-0.1, -0.05) is 29.8 Å². The zero-order chi connectivity index (χ0) is 14.1. The summed E-state index contributed by atoms with van der Waals surface area (Å²) in [6.45, 7) is 0. The van der Waals surface area contributed by atoms with E-state index in [9.17, 15) is 0 Å². The number of fused-ring (bicyclic) bond motifs is 1. The summed E-state index contributed by atoms with van der Waals surface area (Å²) >= 11 is 8.14. The standard InChI is InChI=1S/C17H16ClNS/c1-19-11-13(17-15(18)4-3-5-16(17)19)10-12-6-8-14(20-2)9-7-12/h3-9,11H,10H2,1-2H3. The molecule has 20 heavy (non-hydrogen) atoms. The van der Waals surface area contributed by atoms with Gasteiger partial charge in [0.1, 0.15) is 0 Å². The van der Waals surface area contributed by atoms with Gasteiger partial charge in [0.05, 0.1) is 5.02 Å². The molecule has 0 amide bonds. The second-order valence-electron chi connectivity index (χ2n) is 4.92. The van der Waals surface area contributed by atoms with Crippen LogP contribution < -0.4 is 0 Å². The fourth-order valence-corrected chi connectivity index (χ4v) is 3.29. The maximum Gasteiger partial charge on any atom is 0.0502 e. The van der Waals surface area contributed by atoms with Crippen molar-refractivity contribution in [2.24, 2.45) is 7.05 Å². The molecule has 0 N–H and O–H groups in total. The van der Waals surface area contributed by atoms with Crippen LogP contribution in [0.1, 0.15) is 11.1 Å². The Balaban J connectivity index is 2.02. The van der Waals surface area contributed by atoms with Crippen LogP contribution >= 0.6 is 23.4 Å². The molecule has 0 aliphatic carbocycles. The summed E-state index contributed by atoms with van der Waals surface area (Å²) in [5.41, 5.74) is 3.79. The Morgan fingerprint density at radius 1 is 1.10 bits per heavy atom. The minimum Gasteiger partial charge on any atom is -0.350 e. The molecule has 0 saturated heterocycles. The average molecular weight is 302 g/mol. The molecular weight excluding hydrogens is 286 g/mol. The van der Waals surface area contributed by atoms with Crippen molar-refractivity contribution < 1.29 is 0 Å². The molecular formula is C17H16ClNS. The van der Waals surface area contributed by atoms with E-state index < -0.39 is 0 Å². The second-order valence-corrected chi connectivity index (χ2v) is 6.21. The third kappa shape index (κ3) is 2.46. The SMILES string of the molecule is CSc1ccc(Cc2cn(C)c3cccc(Cl)c23)cc1. The molecule has 3 rings (SSSR count). The summed E-state index contributed by atoms with van der Waals surface area (Å²) in [5.74, 6) is 0. The number of halogens is 1. The molecule has 3 aromatic rings. The molecule has 0 radical (unpaired) electrons. The van der Waals surface area contributed by atoms with E-state index in [1.165, 1.54) is 26.9 Å². The highest BCUT2D eigenvalue weighted by Crippen LogP contribution is 2.30. The normalized spacial score (nSPS) is 11.2. The lowest BCUT2D eigenvalue weighted by Gasteiger charge is -2.03. The summed E-state index contributed by atoms with van der Waals surface area (Å²) in [6, 6.07) is 14.8. The molecule has 0 bridgehead atoms. The van der Waals surface area contributed by atoms with Crippen molar-refractivity contribution in [3.63, 3.8) is 0 Å². The monoisotopic (exact) mass is 301 g/mol. The van der Waals surface area contributed by atoms with Gasteiger partial charge < -0.3 is 4.57 Å². The molecule has 0 atom stereocenters. The van der Waals surface area contributed by atoms with E-state index in [1.54, 1.807) is 11.8 Å². The lowest BCUT2D eigenvalue weighted by atomic mass is 10.0. The Hall–Kier alpha value is -1.38. The Labute approximate surface area is 128 Å². The maximum atomic E-state index is 6.37. The van der Waals surface area contributed by atoms with Gasteiger partial charge in [0.15, 0.2) is 0 Å². The van der Waals surface area contributed by atoms with Crippen LogP contribution in [0, 0.1) is 0 Å². The van der Waals surface area contributed by atoms with E-state index in [1.807, 2.05) is 12.1 Å². The molecule has 1 nitrogen and oxygen atoms in total. The molecule has 0 fully saturated rings. The van der Waals surface area contributed by atoms with Gasteiger partial charge in [-0.25, -0.2) is 0 Å². The third-order valence-electron chi connectivity index (χ3n) is 3.60. The molecule has 3 heteroatoms. The fraction of sp³-hybridized carbons (Fsp3) is 0.176. The number of thioether (sulfide) groups is 1. The molecule has 0 saturated carbocycles. The third-order valence-corrected chi connectivity index (χ3v) is 4.65. The smallest absolute Gasteiger partial charge is 0.0502 e. The Kier molecular flexibility index (Phi) is 3.77. The van der Waals surface area contributed by atoms with Crippen molar-refractivity contribution in [1.29, 1.82) is 0 Å². The van der Waals surface area contributed by atoms with Crippen molar-refractivity contribution in [1.82, 2.24) is 4.57 Å². The summed E-state index contributed by atoms with van der Waals surface area (Å²) in [7, 11) is 2.07. The van der Waals surface area contributed by atoms with Crippen LogP contribution in [0.15, 0.2) is 53.6 Å². The van der Waals surface area contributed by atoms with Crippen LogP contribution in [0.25, 0.3) is 10.9 Å². The number of hydrogen-bond donors (Lipinski definition) is 0. The van der Waals surface area contributed by atoms with Crippen LogP contribution in [0.5, 0.6) is 0 Å². The molecule has 0 spiro atoms. The van der Waals surface area contributed by atoms with E-state index in [4.69, 9.17) is 11.6 Å². The summed E-state index contributed by atoms with van der Waals surface area (Å²) < 4.78 is 2.15. The molecule has 1 heterocycles. The van der Waals surface area contributed by atoms with Crippen LogP contribution in [0.4, 0.5) is 0 Å². The van der Waals surface area contributed by atoms with E-state index in [0.29, 0.717) is 0 Å². The average Bonchev–Trinajstić information content (AvgIpc) is 2.78. The fourth-order valence-electron chi connectivity index (χ4n) is 2.59. The Morgan fingerprint density at radius 3 is 2.55 bits per heavy atom. The van der Waals surface area contributed by atoms with Gasteiger partial charge in [-0.15, -0.1) is 11.8 Å². The summed E-state index contributed by atoms with van der Waals surface area (Å²) in [5, 5.41) is 2.00. The molecule has 0 unspecified atom stereocenters. The molecule has 102 valence electrons. The maximum absolute atomic E-state index is 6.37. The zero-order valence-corrected chi connectivity index (χ0v) is 13.1. The van der Waals surface area contributed by atoms with Gasteiger partial charge in [0, 0.05) is 29.0 Å². The Bertz CT molecular complexity index is 744. The van der Waals surface area contributed by atoms with Crippen molar-refractivity contribution >= 4 is 34.3 Å². The first-order valence-corrected chi connectivity index (χ1v) is 8.14. The zero-order valence-electron chi connectivity index (χ0n) is 11.6. The Morgan fingerprint density at radius 2 is 1.85 bits per heavy atom. The molecule has 0 aliphatic rings. The van der Waals surface area contributed by atoms with Gasteiger partial charge in [-0.3, -0.25) is 0 Å². The summed E-state index contributed by atoms with van der Waals surface area (Å²) in [4.78, 5) is 1.30. The molecule has 1 aromatic heterocycles. The first-order chi connectivity index (χ1) is 9.69. The van der Waals surface area contributed by atoms with Crippen LogP contribution in [0.2, 0.25) is 5.02 Å². The molecule has 0 aliphatic heterocycles. The van der Waals surface area contributed by atoms with E-state index in [0.717, 1.165) is 11.4 Å². The van der Waals surface area contributed by atoms with Crippen LogP contribution in [-0.2, 0) is 13.5 Å². The van der Waals surface area contributed by atoms with E-state index >= 15 is 0 Å². The minimum absolute atomic E-state index is 0.832. The van der Waals surface area contributed by atoms with Crippen molar-refractivity contribution in [2.45, 2.75) is 11.3 Å². The highest BCUT2D eigenvalue weighted by molar-refractivity contribution is 7.98. The number of aromatic nitrogens is 1. The van der Waals surface area contributed by atoms with Gasteiger partial charge in [-0.05, 0) is 48.1 Å². The van der Waals surface area contributed by atoms with E-state index in [-0.39, 0.29) is 0 Å². The quantitative estimate of drug-likeness (QED) is 0.606. The lowest BCUT2D eigenvalue weighted by Crippen LogP contribution is -1.87. The van der Waals surface area contributed by atoms with Crippen molar-refractivity contribution in [2.75, 3.05) is 6.26 Å². The van der Waals surface area contributed by atoms with Crippen molar-refractivity contribution in [3.05, 3.63) is 64.8 Å². The second kappa shape index (κ2) is 5.55. The van der Waals surface area contributed by atoms with Gasteiger partial charge in [-0.2, -0.15) is 0 Å². The topological polar surface area (TPSA) is 4.93 Å². The number of hydrogen-bond acceptors (Lipinski definition) is 1. The van der Waals surface area contributed by atoms with Crippen LogP contribution in [0.3, 0.4) is 0 Å². The van der Waals surface area contributed by atoms with Gasteiger partial charge in [0.25, 0.3) is 0 Å². The van der Waals surface area contributed by atoms with Crippen molar-refractivity contribution in [3.8, 4) is 0 Å². The number of nitrogens with zero attached hydrogens (tertiary/aromatic N) is 1. The predicted octanol–water partition coefficient (Wildman–Crippen LogP) is 5.14. The summed E-state index contributed by atoms with van der Waals surface area (Å²) in [6.07, 6.45) is 5.19. The van der Waals surface area contributed by atoms with Gasteiger partial charge >= 0.3 is 0 Å². The number of rotatable bonds is 3. The highest BCUT2D eigenvalue weighted by Gasteiger charge is 2.10. The largest absolute Gasteiger partial charge is 0.350 e. The van der Waals surface area contributed by atoms with E-state index in [2.05, 4.69) is 54.4 Å². The minimum atomic E-state index is 0.832. The highest BCUT2D eigenvalue weighted by atomic mass is 35.5. The number of aryl methyl sites for hydroxylation is 1. The van der Waals surface area contributed by atoms with Gasteiger partial charge in [0.2, 0.25) is 0 Å². The first kappa shape index (κ1) is 13.6. The molecule has 2 aromatic carbocycles.